The molecule has 0 aromatic rings. The van der Waals surface area contributed by atoms with E-state index in [2.05, 4.69) is 6.58 Å². The Labute approximate surface area is 64.0 Å². The van der Waals surface area contributed by atoms with Crippen LogP contribution in [0.25, 0.3) is 0 Å². The average molecular weight is 196 g/mol. The zero-order valence-corrected chi connectivity index (χ0v) is 6.19. The number of hydrogen-bond donors (Lipinski definition) is 0. The van der Waals surface area contributed by atoms with E-state index in [0.29, 0.717) is 0 Å². The normalized spacial score (nSPS) is 2.60. The van der Waals surface area contributed by atoms with E-state index in [0.717, 1.165) is 0 Å². The van der Waals surface area contributed by atoms with E-state index in [1.54, 1.807) is 0 Å². The van der Waals surface area contributed by atoms with E-state index in [4.69, 9.17) is 0 Å². The summed E-state index contributed by atoms with van der Waals surface area (Å²) in [6.07, 6.45) is 0. The average Bonchev–Trinajstić information content (AvgIpc) is 0.918. The third-order valence-corrected chi connectivity index (χ3v) is 0. The van der Waals surface area contributed by atoms with Crippen LogP contribution in [0.1, 0.15) is 0 Å². The van der Waals surface area contributed by atoms with E-state index in [1.165, 1.54) is 0 Å². The van der Waals surface area contributed by atoms with Crippen LogP contribution >= 0.6 is 0 Å². The summed E-state index contributed by atoms with van der Waals surface area (Å²) in [5.74, 6) is 0. The minimum atomic E-state index is 0. The van der Waals surface area contributed by atoms with Gasteiger partial charge in [0.05, 0.1) is 0 Å². The second-order valence-corrected chi connectivity index (χ2v) is 0.126. The maximum atomic E-state index is 9.94. The van der Waals surface area contributed by atoms with Crippen molar-refractivity contribution in [3.05, 3.63) is 12.9 Å². The van der Waals surface area contributed by atoms with E-state index in [-0.39, 0.29) is 53.4 Å². The van der Waals surface area contributed by atoms with Gasteiger partial charge in [-0.25, -0.2) is 0 Å². The molecule has 0 aromatic heterocycles. The number of rotatable bonds is 0. The van der Waals surface area contributed by atoms with Gasteiger partial charge in [0, 0.05) is 0 Å². The molecule has 26 valence electrons. The summed E-state index contributed by atoms with van der Waals surface area (Å²) in [6, 6.07) is 0. The van der Waals surface area contributed by atoms with Gasteiger partial charge in [-0.2, -0.15) is 0 Å². The van der Waals surface area contributed by atoms with Crippen LogP contribution < -0.4 is 24.0 Å². The second-order valence-electron chi connectivity index (χ2n) is 0.126. The monoisotopic (exact) mass is 196 g/mol. The molecular formula is C2H2FIMg. The van der Waals surface area contributed by atoms with Crippen molar-refractivity contribution in [2.75, 3.05) is 0 Å². The molecule has 0 unspecified atom stereocenters. The van der Waals surface area contributed by atoms with Crippen LogP contribution in [-0.4, -0.2) is 23.1 Å². The van der Waals surface area contributed by atoms with Crippen molar-refractivity contribution in [2.24, 2.45) is 0 Å². The van der Waals surface area contributed by atoms with Crippen LogP contribution in [0.3, 0.4) is 0 Å². The predicted molar refractivity (Wildman–Crippen MR) is 15.7 cm³/mol. The van der Waals surface area contributed by atoms with Crippen molar-refractivity contribution >= 4 is 23.1 Å². The minimum Gasteiger partial charge on any atom is -1.00 e. The third kappa shape index (κ3) is 38.1. The Bertz CT molecular complexity index is 17.1. The van der Waals surface area contributed by atoms with Crippen molar-refractivity contribution in [1.29, 1.82) is 0 Å². The van der Waals surface area contributed by atoms with Gasteiger partial charge in [-0.3, -0.25) is 4.39 Å². The minimum absolute atomic E-state index is 0. The molecule has 0 aliphatic carbocycles. The molecule has 0 saturated carbocycles. The fraction of sp³-hybridized carbons (Fsp3) is 0. The quantitative estimate of drug-likeness (QED) is 0.229. The van der Waals surface area contributed by atoms with Crippen molar-refractivity contribution in [2.45, 2.75) is 0 Å². The maximum Gasteiger partial charge on any atom is 2.00 e. The fourth-order valence-corrected chi connectivity index (χ4v) is 0. The van der Waals surface area contributed by atoms with Crippen LogP contribution in [0.15, 0.2) is 6.33 Å². The maximum absolute atomic E-state index is 9.94. The molecule has 0 nitrogen and oxygen atoms in total. The molecule has 0 N–H and O–H groups in total. The van der Waals surface area contributed by atoms with Gasteiger partial charge < -0.3 is 30.6 Å². The molecule has 0 aliphatic heterocycles. The predicted octanol–water partition coefficient (Wildman–Crippen LogP) is -2.47. The Kier molecular flexibility index (Phi) is 62.7. The Morgan fingerprint density at radius 3 is 1.60 bits per heavy atom. The summed E-state index contributed by atoms with van der Waals surface area (Å²) in [6.45, 7) is 4.06. The Morgan fingerprint density at radius 2 is 1.60 bits per heavy atom. The molecule has 0 fully saturated rings. The summed E-state index contributed by atoms with van der Waals surface area (Å²) in [7, 11) is 0. The van der Waals surface area contributed by atoms with Crippen LogP contribution in [0.2, 0.25) is 0 Å². The molecular weight excluding hydrogens is 194 g/mol. The zero-order chi connectivity index (χ0) is 2.71. The van der Waals surface area contributed by atoms with Gasteiger partial charge >= 0.3 is 23.1 Å². The van der Waals surface area contributed by atoms with Gasteiger partial charge in [0.25, 0.3) is 0 Å². The third-order valence-electron chi connectivity index (χ3n) is 0. The summed E-state index contributed by atoms with van der Waals surface area (Å²) in [5, 5.41) is 0. The van der Waals surface area contributed by atoms with Gasteiger partial charge in [0.1, 0.15) is 0 Å². The van der Waals surface area contributed by atoms with Crippen molar-refractivity contribution < 1.29 is 28.4 Å². The molecule has 0 rings (SSSR count). The molecule has 0 atom stereocenters. The van der Waals surface area contributed by atoms with Crippen molar-refractivity contribution in [3.63, 3.8) is 0 Å². The van der Waals surface area contributed by atoms with Crippen LogP contribution in [-0.2, 0) is 0 Å². The Balaban J connectivity index is -0.0000000200. The van der Waals surface area contributed by atoms with Crippen LogP contribution in [0.4, 0.5) is 4.39 Å². The largest absolute Gasteiger partial charge is 2.00 e. The molecule has 0 amide bonds. The van der Waals surface area contributed by atoms with E-state index >= 15 is 0 Å². The molecule has 0 heterocycles. The zero-order valence-electron chi connectivity index (χ0n) is 2.62. The summed E-state index contributed by atoms with van der Waals surface area (Å²) in [4.78, 5) is 0. The topological polar surface area (TPSA) is 0 Å². The van der Waals surface area contributed by atoms with Gasteiger partial charge in [0.15, 0.2) is 0 Å². The molecule has 5 heavy (non-hydrogen) atoms. The van der Waals surface area contributed by atoms with Gasteiger partial charge in [-0.05, 0) is 0 Å². The van der Waals surface area contributed by atoms with Crippen LogP contribution in [0, 0.1) is 6.58 Å². The molecule has 0 spiro atoms. The Hall–Kier alpha value is 1.17. The molecule has 3 heteroatoms. The molecule has 0 saturated heterocycles. The summed E-state index contributed by atoms with van der Waals surface area (Å²) < 4.78 is 9.94. The summed E-state index contributed by atoms with van der Waals surface area (Å²) in [5.41, 5.74) is 0. The van der Waals surface area contributed by atoms with E-state index in [9.17, 15) is 4.39 Å². The first-order valence-electron chi connectivity index (χ1n) is 0.552. The first-order valence-corrected chi connectivity index (χ1v) is 0.552. The van der Waals surface area contributed by atoms with Crippen molar-refractivity contribution in [1.82, 2.24) is 0 Å². The fourth-order valence-electron chi connectivity index (χ4n) is 0. The molecule has 0 aliphatic rings. The number of halogens is 2. The Morgan fingerprint density at radius 1 is 1.60 bits per heavy atom. The van der Waals surface area contributed by atoms with Crippen molar-refractivity contribution in [3.8, 4) is 0 Å². The molecule has 0 aromatic carbocycles. The number of hydrogen-bond acceptors (Lipinski definition) is 0. The summed E-state index contributed by atoms with van der Waals surface area (Å²) >= 11 is 0. The van der Waals surface area contributed by atoms with Gasteiger partial charge in [-0.1, -0.05) is 6.33 Å². The standard InChI is InChI=1S/C2H2F.HI.Mg/c1-2-3;;/h1-2H;1H;/q-1;;+2/p-1. The van der Waals surface area contributed by atoms with E-state index < -0.39 is 0 Å². The van der Waals surface area contributed by atoms with Crippen LogP contribution in [0.5, 0.6) is 0 Å². The first kappa shape index (κ1) is 16.4. The van der Waals surface area contributed by atoms with Gasteiger partial charge in [-0.15, -0.1) is 0 Å². The van der Waals surface area contributed by atoms with Gasteiger partial charge in [0.2, 0.25) is 0 Å². The molecule has 0 bridgehead atoms. The SMILES string of the molecule is [CH-]=CF.[I-].[Mg+2]. The molecule has 0 radical (unpaired) electrons. The first-order chi connectivity index (χ1) is 1.41. The van der Waals surface area contributed by atoms with E-state index in [1.807, 2.05) is 0 Å². The second kappa shape index (κ2) is 19.1. The smallest absolute Gasteiger partial charge is 1.00 e.